The number of aromatic amines is 2. The van der Waals surface area contributed by atoms with Gasteiger partial charge in [0.15, 0.2) is 0 Å². The number of rotatable bonds is 5. The van der Waals surface area contributed by atoms with Gasteiger partial charge in [0.2, 0.25) is 0 Å². The molecule has 7 rings (SSSR count). The zero-order valence-electron chi connectivity index (χ0n) is 19.6. The molecule has 0 bridgehead atoms. The first-order chi connectivity index (χ1) is 18.0. The number of thiophene rings is 1. The number of pyridine rings is 3. The summed E-state index contributed by atoms with van der Waals surface area (Å²) in [5.41, 5.74) is 7.43. The Kier molecular flexibility index (Phi) is 5.12. The van der Waals surface area contributed by atoms with Gasteiger partial charge in [-0.2, -0.15) is 5.10 Å². The van der Waals surface area contributed by atoms with Gasteiger partial charge in [-0.05, 0) is 47.3 Å². The molecule has 10 heteroatoms. The molecule has 0 atom stereocenters. The quantitative estimate of drug-likeness (QED) is 0.290. The number of hydrogen-bond donors (Lipinski definition) is 2. The lowest BCUT2D eigenvalue weighted by Gasteiger charge is -2.15. The molecule has 6 aromatic rings. The van der Waals surface area contributed by atoms with E-state index in [2.05, 4.69) is 42.7 Å². The number of alkyl halides is 2. The average molecular weight is 514 g/mol. The SMILES string of the molecule is FC1(F)CCN(Cc2cncc(-c3ccc4[nH]nc(-c5cc6c(-c7cccs7)ccnc6[nH]5)c4n3)c2)C1. The van der Waals surface area contributed by atoms with Crippen LogP contribution in [0.25, 0.3) is 55.2 Å². The minimum Gasteiger partial charge on any atom is -0.338 e. The minimum atomic E-state index is -2.61. The third-order valence-corrected chi connectivity index (χ3v) is 7.63. The van der Waals surface area contributed by atoms with Crippen molar-refractivity contribution in [3.63, 3.8) is 0 Å². The van der Waals surface area contributed by atoms with E-state index in [9.17, 15) is 8.78 Å². The van der Waals surface area contributed by atoms with Crippen molar-refractivity contribution in [1.82, 2.24) is 35.0 Å². The van der Waals surface area contributed by atoms with Crippen molar-refractivity contribution in [1.29, 1.82) is 0 Å². The van der Waals surface area contributed by atoms with Crippen LogP contribution in [0.2, 0.25) is 0 Å². The summed E-state index contributed by atoms with van der Waals surface area (Å²) in [6.45, 7) is 0.602. The Bertz CT molecular complexity index is 1740. The van der Waals surface area contributed by atoms with Gasteiger partial charge < -0.3 is 4.98 Å². The van der Waals surface area contributed by atoms with Crippen molar-refractivity contribution in [2.45, 2.75) is 18.9 Å². The van der Waals surface area contributed by atoms with E-state index in [1.807, 2.05) is 30.3 Å². The smallest absolute Gasteiger partial charge is 0.261 e. The minimum absolute atomic E-state index is 0.0975. The Morgan fingerprint density at radius 2 is 2.05 bits per heavy atom. The number of likely N-dealkylation sites (tertiary alicyclic amines) is 1. The highest BCUT2D eigenvalue weighted by Gasteiger charge is 2.37. The summed E-state index contributed by atoms with van der Waals surface area (Å²) in [6, 6.07) is 14.1. The lowest BCUT2D eigenvalue weighted by molar-refractivity contribution is 0.0115. The zero-order valence-corrected chi connectivity index (χ0v) is 20.4. The zero-order chi connectivity index (χ0) is 25.0. The highest BCUT2D eigenvalue weighted by molar-refractivity contribution is 7.13. The third kappa shape index (κ3) is 4.08. The van der Waals surface area contributed by atoms with Gasteiger partial charge in [-0.15, -0.1) is 11.3 Å². The first kappa shape index (κ1) is 22.2. The van der Waals surface area contributed by atoms with Gasteiger partial charge in [0.25, 0.3) is 5.92 Å². The normalized spacial score (nSPS) is 15.7. The summed E-state index contributed by atoms with van der Waals surface area (Å²) in [5, 5.41) is 10.7. The number of nitrogens with zero attached hydrogens (tertiary/aromatic N) is 5. The van der Waals surface area contributed by atoms with Crippen LogP contribution >= 0.6 is 11.3 Å². The Labute approximate surface area is 214 Å². The van der Waals surface area contributed by atoms with Crippen LogP contribution in [-0.4, -0.2) is 54.0 Å². The van der Waals surface area contributed by atoms with Gasteiger partial charge >= 0.3 is 0 Å². The van der Waals surface area contributed by atoms with Crippen LogP contribution in [0.15, 0.2) is 66.4 Å². The molecular formula is C27H21F2N7S. The highest BCUT2D eigenvalue weighted by Crippen LogP contribution is 2.35. The van der Waals surface area contributed by atoms with E-state index in [0.29, 0.717) is 18.8 Å². The van der Waals surface area contributed by atoms with Crippen LogP contribution in [0.1, 0.15) is 12.0 Å². The van der Waals surface area contributed by atoms with Crippen LogP contribution in [0.4, 0.5) is 8.78 Å². The second-order valence-electron chi connectivity index (χ2n) is 9.34. The summed E-state index contributed by atoms with van der Waals surface area (Å²) in [5.74, 6) is -2.61. The fourth-order valence-corrected chi connectivity index (χ4v) is 5.73. The lowest BCUT2D eigenvalue weighted by atomic mass is 10.1. The Morgan fingerprint density at radius 1 is 1.11 bits per heavy atom. The molecule has 0 radical (unpaired) electrons. The molecule has 0 aromatic carbocycles. The monoisotopic (exact) mass is 513 g/mol. The summed E-state index contributed by atoms with van der Waals surface area (Å²) in [7, 11) is 0. The van der Waals surface area contributed by atoms with Gasteiger partial charge in [0.05, 0.1) is 23.4 Å². The van der Waals surface area contributed by atoms with Crippen molar-refractivity contribution in [2.75, 3.05) is 13.1 Å². The number of fused-ring (bicyclic) bond motifs is 2. The Hall–Kier alpha value is -4.02. The molecule has 6 aromatic heterocycles. The maximum absolute atomic E-state index is 13.6. The van der Waals surface area contributed by atoms with Crippen molar-refractivity contribution < 1.29 is 8.78 Å². The predicted octanol–water partition coefficient (Wildman–Crippen LogP) is 6.13. The molecule has 0 amide bonds. The third-order valence-electron chi connectivity index (χ3n) is 6.73. The number of hydrogen-bond acceptors (Lipinski definition) is 6. The van der Waals surface area contributed by atoms with Crippen molar-refractivity contribution in [2.24, 2.45) is 0 Å². The topological polar surface area (TPSA) is 86.4 Å². The first-order valence-corrected chi connectivity index (χ1v) is 12.8. The molecule has 0 aliphatic carbocycles. The molecule has 0 unspecified atom stereocenters. The summed E-state index contributed by atoms with van der Waals surface area (Å²) < 4.78 is 27.2. The molecule has 1 fully saturated rings. The largest absolute Gasteiger partial charge is 0.338 e. The lowest BCUT2D eigenvalue weighted by Crippen LogP contribution is -2.24. The van der Waals surface area contributed by atoms with Gasteiger partial charge in [0, 0.05) is 59.5 Å². The molecule has 1 aliphatic heterocycles. The number of halogens is 2. The van der Waals surface area contributed by atoms with E-state index < -0.39 is 5.92 Å². The summed E-state index contributed by atoms with van der Waals surface area (Å²) >= 11 is 1.69. The molecule has 7 heterocycles. The molecular weight excluding hydrogens is 492 g/mol. The Morgan fingerprint density at radius 3 is 2.89 bits per heavy atom. The highest BCUT2D eigenvalue weighted by atomic mass is 32.1. The average Bonchev–Trinajstić information content (AvgIpc) is 3.69. The van der Waals surface area contributed by atoms with Crippen LogP contribution in [0, 0.1) is 0 Å². The Balaban J connectivity index is 1.24. The molecule has 1 saturated heterocycles. The summed E-state index contributed by atoms with van der Waals surface area (Å²) in [6.07, 6.45) is 5.18. The summed E-state index contributed by atoms with van der Waals surface area (Å²) in [4.78, 5) is 20.1. The van der Waals surface area contributed by atoms with E-state index in [0.717, 1.165) is 50.1 Å². The van der Waals surface area contributed by atoms with Crippen LogP contribution in [-0.2, 0) is 6.54 Å². The van der Waals surface area contributed by atoms with Gasteiger partial charge in [-0.3, -0.25) is 15.0 Å². The number of nitrogens with one attached hydrogen (secondary N) is 2. The van der Waals surface area contributed by atoms with E-state index in [-0.39, 0.29) is 13.0 Å². The van der Waals surface area contributed by atoms with E-state index >= 15 is 0 Å². The first-order valence-electron chi connectivity index (χ1n) is 11.9. The standard InChI is InChI=1S/C27H21F2N7S/c28-27(29)6-8-36(15-27)14-16-10-17(13-30-12-16)20-3-4-21-24(32-20)25(35-34-21)22-11-19-18(23-2-1-9-37-23)5-7-31-26(19)33-22/h1-5,7,9-13H,6,8,14-15H2,(H,31,33)(H,34,35). The fraction of sp³-hybridized carbons (Fsp3) is 0.185. The van der Waals surface area contributed by atoms with Crippen LogP contribution in [0.5, 0.6) is 0 Å². The molecule has 7 nitrogen and oxygen atoms in total. The molecule has 184 valence electrons. The van der Waals surface area contributed by atoms with E-state index in [1.165, 1.54) is 4.88 Å². The van der Waals surface area contributed by atoms with Crippen molar-refractivity contribution >= 4 is 33.4 Å². The molecule has 37 heavy (non-hydrogen) atoms. The maximum atomic E-state index is 13.6. The molecule has 2 N–H and O–H groups in total. The van der Waals surface area contributed by atoms with Gasteiger partial charge in [0.1, 0.15) is 16.9 Å². The van der Waals surface area contributed by atoms with E-state index in [1.54, 1.807) is 34.8 Å². The van der Waals surface area contributed by atoms with Gasteiger partial charge in [-0.1, -0.05) is 6.07 Å². The molecule has 1 aliphatic rings. The molecule has 0 spiro atoms. The van der Waals surface area contributed by atoms with Crippen LogP contribution in [0.3, 0.4) is 0 Å². The van der Waals surface area contributed by atoms with Crippen molar-refractivity contribution in [3.8, 4) is 33.1 Å². The van der Waals surface area contributed by atoms with Crippen molar-refractivity contribution in [3.05, 3.63) is 72.0 Å². The number of H-pyrrole nitrogens is 2. The molecule has 0 saturated carbocycles. The maximum Gasteiger partial charge on any atom is 0.261 e. The second kappa shape index (κ2) is 8.53. The predicted molar refractivity (Wildman–Crippen MR) is 140 cm³/mol. The number of aromatic nitrogens is 6. The fourth-order valence-electron chi connectivity index (χ4n) is 4.96. The second-order valence-corrected chi connectivity index (χ2v) is 10.3. The van der Waals surface area contributed by atoms with Gasteiger partial charge in [-0.25, -0.2) is 18.7 Å². The van der Waals surface area contributed by atoms with E-state index in [4.69, 9.17) is 4.98 Å². The van der Waals surface area contributed by atoms with Crippen LogP contribution < -0.4 is 0 Å².